The van der Waals surface area contributed by atoms with Gasteiger partial charge >= 0.3 is 6.03 Å². The summed E-state index contributed by atoms with van der Waals surface area (Å²) in [5, 5.41) is 4.07. The molecule has 6 heteroatoms. The molecule has 0 spiro atoms. The number of carbonyl (C=O) groups excluding carboxylic acids is 2. The first-order valence-electron chi connectivity index (χ1n) is 8.26. The van der Waals surface area contributed by atoms with Crippen LogP contribution in [0.5, 0.6) is 0 Å². The smallest absolute Gasteiger partial charge is 0.324 e. The fraction of sp³-hybridized carbons (Fsp3) is 0.588. The molecule has 1 aliphatic carbocycles. The zero-order valence-electron chi connectivity index (χ0n) is 13.7. The van der Waals surface area contributed by atoms with E-state index < -0.39 is 0 Å². The predicted octanol–water partition coefficient (Wildman–Crippen LogP) is 2.97. The summed E-state index contributed by atoms with van der Waals surface area (Å²) in [4.78, 5) is 32.1. The van der Waals surface area contributed by atoms with Gasteiger partial charge in [-0.2, -0.15) is 0 Å². The van der Waals surface area contributed by atoms with Crippen LogP contribution in [0.3, 0.4) is 0 Å². The van der Waals surface area contributed by atoms with Crippen molar-refractivity contribution in [3.05, 3.63) is 27.7 Å². The lowest BCUT2D eigenvalue weighted by molar-refractivity contribution is -0.135. The third-order valence-corrected chi connectivity index (χ3v) is 5.77. The fourth-order valence-electron chi connectivity index (χ4n) is 3.43. The fourth-order valence-corrected chi connectivity index (χ4v) is 4.35. The number of imide groups is 1. The Kier molecular flexibility index (Phi) is 4.80. The Hall–Kier alpha value is -1.69. The van der Waals surface area contributed by atoms with Gasteiger partial charge in [0.2, 0.25) is 5.91 Å². The van der Waals surface area contributed by atoms with Crippen molar-refractivity contribution < 1.29 is 9.59 Å². The molecule has 124 valence electrons. The molecule has 1 aromatic rings. The largest absolute Gasteiger partial charge is 0.334 e. The van der Waals surface area contributed by atoms with Crippen molar-refractivity contribution >= 4 is 23.3 Å². The number of nitrogens with zero attached hydrogens (tertiary/aromatic N) is 2. The van der Waals surface area contributed by atoms with E-state index in [2.05, 4.69) is 22.5 Å². The number of rotatable bonds is 3. The van der Waals surface area contributed by atoms with Crippen molar-refractivity contribution in [2.24, 2.45) is 5.92 Å². The maximum atomic E-state index is 12.8. The van der Waals surface area contributed by atoms with Crippen LogP contribution >= 0.6 is 11.3 Å². The molecule has 1 fully saturated rings. The van der Waals surface area contributed by atoms with Crippen LogP contribution in [0.1, 0.15) is 41.3 Å². The minimum Gasteiger partial charge on any atom is -0.334 e. The van der Waals surface area contributed by atoms with E-state index in [4.69, 9.17) is 0 Å². The molecule has 1 aliphatic heterocycles. The van der Waals surface area contributed by atoms with Gasteiger partial charge in [0.05, 0.1) is 16.6 Å². The van der Waals surface area contributed by atoms with E-state index >= 15 is 0 Å². The van der Waals surface area contributed by atoms with Gasteiger partial charge in [-0.25, -0.2) is 9.78 Å². The first kappa shape index (κ1) is 16.2. The van der Waals surface area contributed by atoms with Gasteiger partial charge in [0.15, 0.2) is 0 Å². The summed E-state index contributed by atoms with van der Waals surface area (Å²) < 4.78 is 0. The average molecular weight is 333 g/mol. The second-order valence-electron chi connectivity index (χ2n) is 6.27. The highest BCUT2D eigenvalue weighted by Crippen LogP contribution is 2.26. The molecule has 3 rings (SSSR count). The molecular formula is C17H23N3O2S. The Morgan fingerprint density at radius 1 is 1.26 bits per heavy atom. The molecule has 0 aromatic carbocycles. The molecule has 0 bridgehead atoms. The highest BCUT2D eigenvalue weighted by atomic mass is 32.1. The van der Waals surface area contributed by atoms with Crippen molar-refractivity contribution in [1.29, 1.82) is 0 Å². The lowest BCUT2D eigenvalue weighted by atomic mass is 9.86. The van der Waals surface area contributed by atoms with Gasteiger partial charge in [0.1, 0.15) is 0 Å². The second kappa shape index (κ2) is 6.83. The van der Waals surface area contributed by atoms with Crippen LogP contribution in [0, 0.1) is 19.8 Å². The van der Waals surface area contributed by atoms with Gasteiger partial charge in [0, 0.05) is 23.9 Å². The molecule has 0 radical (unpaired) electrons. The topological polar surface area (TPSA) is 62.3 Å². The van der Waals surface area contributed by atoms with Gasteiger partial charge in [-0.05, 0) is 39.5 Å². The Bertz CT molecular complexity index is 638. The minimum absolute atomic E-state index is 0.00654. The number of carbonyl (C=O) groups is 2. The Morgan fingerprint density at radius 3 is 2.70 bits per heavy atom. The van der Waals surface area contributed by atoms with E-state index in [1.165, 1.54) is 4.90 Å². The summed E-state index contributed by atoms with van der Waals surface area (Å²) in [6.07, 6.45) is 8.47. The summed E-state index contributed by atoms with van der Waals surface area (Å²) in [5.74, 6) is -0.0881. The zero-order valence-corrected chi connectivity index (χ0v) is 14.5. The molecule has 0 unspecified atom stereocenters. The highest BCUT2D eigenvalue weighted by Gasteiger charge is 2.40. The molecule has 1 aromatic heterocycles. The first-order chi connectivity index (χ1) is 11.1. The molecule has 23 heavy (non-hydrogen) atoms. The van der Waals surface area contributed by atoms with Crippen LogP contribution in [0.25, 0.3) is 0 Å². The van der Waals surface area contributed by atoms with Gasteiger partial charge in [-0.1, -0.05) is 12.2 Å². The predicted molar refractivity (Wildman–Crippen MR) is 90.4 cm³/mol. The molecule has 0 saturated carbocycles. The van der Waals surface area contributed by atoms with Gasteiger partial charge < -0.3 is 5.32 Å². The van der Waals surface area contributed by atoms with Crippen molar-refractivity contribution in [1.82, 2.24) is 15.2 Å². The molecule has 1 N–H and O–H groups in total. The normalized spacial score (nSPS) is 26.3. The number of urea groups is 1. The molecule has 1 saturated heterocycles. The first-order valence-corrected chi connectivity index (χ1v) is 9.07. The zero-order chi connectivity index (χ0) is 16.4. The van der Waals surface area contributed by atoms with Crippen LogP contribution in [0.4, 0.5) is 4.79 Å². The van der Waals surface area contributed by atoms with E-state index in [9.17, 15) is 9.59 Å². The molecule has 3 amide bonds. The monoisotopic (exact) mass is 333 g/mol. The standard InChI is InChI=1S/C17H23N3O2S/c1-11-15(23-12(2)18-11)9-10-20-16(21)13-7-5-3-4-6-8-14(13)19-17(20)22/h3-4,13-14H,5-10H2,1-2H3,(H,19,22)/b4-3-/t13-,14+/m0/s1. The second-order valence-corrected chi connectivity index (χ2v) is 7.56. The van der Waals surface area contributed by atoms with Crippen LogP contribution in [-0.4, -0.2) is 34.4 Å². The van der Waals surface area contributed by atoms with Crippen molar-refractivity contribution in [2.45, 2.75) is 52.0 Å². The number of fused-ring (bicyclic) bond motifs is 1. The molecule has 2 heterocycles. The van der Waals surface area contributed by atoms with Crippen LogP contribution < -0.4 is 5.32 Å². The molecule has 5 nitrogen and oxygen atoms in total. The van der Waals surface area contributed by atoms with Crippen molar-refractivity contribution in [3.8, 4) is 0 Å². The summed E-state index contributed by atoms with van der Waals surface area (Å²) in [6, 6.07) is -0.247. The van der Waals surface area contributed by atoms with Crippen LogP contribution in [-0.2, 0) is 11.2 Å². The van der Waals surface area contributed by atoms with Gasteiger partial charge in [-0.15, -0.1) is 11.3 Å². The number of nitrogens with one attached hydrogen (secondary N) is 1. The quantitative estimate of drug-likeness (QED) is 0.865. The number of aromatic nitrogens is 1. The summed E-state index contributed by atoms with van der Waals surface area (Å²) >= 11 is 1.64. The number of hydrogen-bond acceptors (Lipinski definition) is 4. The summed E-state index contributed by atoms with van der Waals surface area (Å²) in [5.41, 5.74) is 1.01. The van der Waals surface area contributed by atoms with E-state index in [0.29, 0.717) is 13.0 Å². The third-order valence-electron chi connectivity index (χ3n) is 4.64. The minimum atomic E-state index is -0.236. The Labute approximate surface area is 140 Å². The van der Waals surface area contributed by atoms with E-state index in [1.54, 1.807) is 11.3 Å². The SMILES string of the molecule is Cc1nc(C)c(CCN2C(=O)N[C@@H]3CC/C=C\CC[C@@H]3C2=O)s1. The highest BCUT2D eigenvalue weighted by molar-refractivity contribution is 7.11. The van der Waals surface area contributed by atoms with Crippen LogP contribution in [0.15, 0.2) is 12.2 Å². The van der Waals surface area contributed by atoms with Gasteiger partial charge in [-0.3, -0.25) is 9.69 Å². The maximum absolute atomic E-state index is 12.8. The van der Waals surface area contributed by atoms with Crippen molar-refractivity contribution in [2.75, 3.05) is 6.54 Å². The summed E-state index contributed by atoms with van der Waals surface area (Å²) in [6.45, 7) is 4.40. The lowest BCUT2D eigenvalue weighted by Gasteiger charge is -2.38. The van der Waals surface area contributed by atoms with Gasteiger partial charge in [0.25, 0.3) is 0 Å². The summed E-state index contributed by atoms with van der Waals surface area (Å²) in [7, 11) is 0. The van der Waals surface area contributed by atoms with E-state index in [0.717, 1.165) is 41.3 Å². The Morgan fingerprint density at radius 2 is 2.00 bits per heavy atom. The maximum Gasteiger partial charge on any atom is 0.324 e. The number of hydrogen-bond donors (Lipinski definition) is 1. The van der Waals surface area contributed by atoms with Crippen molar-refractivity contribution in [3.63, 3.8) is 0 Å². The van der Waals surface area contributed by atoms with E-state index in [1.807, 2.05) is 13.8 Å². The number of thiazole rings is 1. The lowest BCUT2D eigenvalue weighted by Crippen LogP contribution is -2.60. The number of aryl methyl sites for hydroxylation is 2. The van der Waals surface area contributed by atoms with Crippen LogP contribution in [0.2, 0.25) is 0 Å². The molecular weight excluding hydrogens is 310 g/mol. The molecule has 2 atom stereocenters. The Balaban J connectivity index is 1.69. The van der Waals surface area contributed by atoms with E-state index in [-0.39, 0.29) is 23.9 Å². The average Bonchev–Trinajstić information content (AvgIpc) is 2.79. The number of allylic oxidation sites excluding steroid dienone is 2. The third kappa shape index (κ3) is 3.47. The molecule has 2 aliphatic rings. The number of amides is 3.